The van der Waals surface area contributed by atoms with E-state index in [4.69, 9.17) is 4.74 Å². The zero-order valence-electron chi connectivity index (χ0n) is 10.6. The molecule has 0 aliphatic heterocycles. The molecule has 0 aromatic heterocycles. The molecule has 0 aromatic carbocycles. The smallest absolute Gasteiger partial charge is 0.426 e. The number of rotatable bonds is 0. The van der Waals surface area contributed by atoms with E-state index in [0.29, 0.717) is 0 Å². The summed E-state index contributed by atoms with van der Waals surface area (Å²) in [5, 5.41) is -0.321. The zero-order chi connectivity index (χ0) is 13.0. The Morgan fingerprint density at radius 2 is 1.50 bits per heavy atom. The topological polar surface area (TPSA) is 67.4 Å². The van der Waals surface area contributed by atoms with Gasteiger partial charge in [-0.25, -0.2) is 10.2 Å². The first kappa shape index (κ1) is 15.1. The van der Waals surface area contributed by atoms with Crippen molar-refractivity contribution in [2.75, 3.05) is 0 Å². The Balaban J connectivity index is 3.90. The number of carbonyl (C=O) groups is 2. The molecule has 0 spiro atoms. The van der Waals surface area contributed by atoms with Crippen LogP contribution in [0.25, 0.3) is 0 Å². The molecule has 0 bridgehead atoms. The van der Waals surface area contributed by atoms with Gasteiger partial charge in [0.25, 0.3) is 5.24 Å². The minimum atomic E-state index is -0.671. The molecular formula is C10H20N2O3S. The summed E-state index contributed by atoms with van der Waals surface area (Å²) in [6.07, 6.45) is -0.671. The SMILES string of the molecule is CC(C)(C)OC(=O)NNC(=O)SC(C)(C)C. The minimum absolute atomic E-state index is 0.195. The summed E-state index contributed by atoms with van der Waals surface area (Å²) in [6.45, 7) is 11.0. The van der Waals surface area contributed by atoms with Crippen molar-refractivity contribution in [1.29, 1.82) is 0 Å². The van der Waals surface area contributed by atoms with Crippen molar-refractivity contribution in [1.82, 2.24) is 10.9 Å². The number of nitrogens with one attached hydrogen (secondary N) is 2. The molecule has 0 atom stereocenters. The standard InChI is InChI=1S/C10H20N2O3S/c1-9(2,3)15-7(13)11-12-8(14)16-10(4,5)6/h1-6H3,(H,11,13)(H,12,14). The van der Waals surface area contributed by atoms with Crippen LogP contribution < -0.4 is 10.9 Å². The van der Waals surface area contributed by atoms with Crippen LogP contribution in [0.1, 0.15) is 41.5 Å². The van der Waals surface area contributed by atoms with E-state index in [9.17, 15) is 9.59 Å². The Hall–Kier alpha value is -0.910. The van der Waals surface area contributed by atoms with E-state index < -0.39 is 11.7 Å². The highest BCUT2D eigenvalue weighted by Crippen LogP contribution is 2.23. The fourth-order valence-electron chi connectivity index (χ4n) is 0.709. The first-order valence-electron chi connectivity index (χ1n) is 4.97. The van der Waals surface area contributed by atoms with Crippen LogP contribution in [-0.2, 0) is 4.74 Å². The molecule has 0 heterocycles. The molecule has 0 radical (unpaired) electrons. The number of thioether (sulfide) groups is 1. The van der Waals surface area contributed by atoms with Crippen molar-refractivity contribution in [3.63, 3.8) is 0 Å². The van der Waals surface area contributed by atoms with Gasteiger partial charge in [-0.15, -0.1) is 0 Å². The van der Waals surface area contributed by atoms with Gasteiger partial charge in [0.05, 0.1) is 0 Å². The van der Waals surface area contributed by atoms with Crippen LogP contribution in [-0.4, -0.2) is 21.7 Å². The van der Waals surface area contributed by atoms with Crippen LogP contribution in [0.2, 0.25) is 0 Å². The van der Waals surface area contributed by atoms with Crippen LogP contribution in [0.4, 0.5) is 9.59 Å². The van der Waals surface area contributed by atoms with Gasteiger partial charge in [0.2, 0.25) is 0 Å². The second kappa shape index (κ2) is 5.43. The van der Waals surface area contributed by atoms with Crippen LogP contribution in [0.3, 0.4) is 0 Å². The van der Waals surface area contributed by atoms with Crippen molar-refractivity contribution in [2.45, 2.75) is 51.9 Å². The van der Waals surface area contributed by atoms with Gasteiger partial charge in [-0.1, -0.05) is 32.5 Å². The van der Waals surface area contributed by atoms with E-state index in [-0.39, 0.29) is 9.99 Å². The van der Waals surface area contributed by atoms with E-state index in [1.807, 2.05) is 20.8 Å². The molecule has 5 nitrogen and oxygen atoms in total. The molecule has 0 saturated carbocycles. The van der Waals surface area contributed by atoms with Crippen LogP contribution in [0, 0.1) is 0 Å². The first-order valence-corrected chi connectivity index (χ1v) is 5.79. The molecular weight excluding hydrogens is 228 g/mol. The molecule has 6 heteroatoms. The molecule has 16 heavy (non-hydrogen) atoms. The number of hydrogen-bond donors (Lipinski definition) is 2. The Morgan fingerprint density at radius 3 is 1.88 bits per heavy atom. The van der Waals surface area contributed by atoms with E-state index in [0.717, 1.165) is 11.8 Å². The zero-order valence-corrected chi connectivity index (χ0v) is 11.4. The quantitative estimate of drug-likeness (QED) is 0.647. The normalized spacial score (nSPS) is 11.9. The second-order valence-electron chi connectivity index (χ2n) is 5.25. The average molecular weight is 248 g/mol. The second-order valence-corrected chi connectivity index (χ2v) is 7.05. The Bertz CT molecular complexity index is 238. The van der Waals surface area contributed by atoms with Gasteiger partial charge in [0, 0.05) is 4.75 Å². The summed E-state index contributed by atoms with van der Waals surface area (Å²) >= 11 is 1.10. The number of carbonyl (C=O) groups excluding carboxylic acids is 2. The van der Waals surface area contributed by atoms with Crippen molar-refractivity contribution in [3.8, 4) is 0 Å². The van der Waals surface area contributed by atoms with Gasteiger partial charge in [0.15, 0.2) is 0 Å². The maximum atomic E-state index is 11.3. The Labute approximate surface area is 101 Å². The number of hydrazine groups is 1. The largest absolute Gasteiger partial charge is 0.443 e. The van der Waals surface area contributed by atoms with E-state index in [1.165, 1.54) is 0 Å². The molecule has 0 aliphatic rings. The van der Waals surface area contributed by atoms with E-state index >= 15 is 0 Å². The lowest BCUT2D eigenvalue weighted by molar-refractivity contribution is 0.0508. The summed E-state index contributed by atoms with van der Waals surface area (Å²) in [4.78, 5) is 22.5. The van der Waals surface area contributed by atoms with E-state index in [1.54, 1.807) is 20.8 Å². The molecule has 94 valence electrons. The predicted molar refractivity (Wildman–Crippen MR) is 65.2 cm³/mol. The Morgan fingerprint density at radius 1 is 1.00 bits per heavy atom. The van der Waals surface area contributed by atoms with Crippen LogP contribution in [0.5, 0.6) is 0 Å². The number of ether oxygens (including phenoxy) is 1. The Kier molecular flexibility index (Phi) is 5.12. The summed E-state index contributed by atoms with van der Waals surface area (Å²) in [6, 6.07) is 0. The molecule has 2 N–H and O–H groups in total. The van der Waals surface area contributed by atoms with Crippen molar-refractivity contribution in [3.05, 3.63) is 0 Å². The third kappa shape index (κ3) is 9.64. The maximum Gasteiger partial charge on any atom is 0.426 e. The van der Waals surface area contributed by atoms with Gasteiger partial charge in [-0.3, -0.25) is 10.2 Å². The van der Waals surface area contributed by atoms with Crippen molar-refractivity contribution < 1.29 is 14.3 Å². The first-order chi connectivity index (χ1) is 6.99. The number of hydrogen-bond acceptors (Lipinski definition) is 4. The van der Waals surface area contributed by atoms with Gasteiger partial charge < -0.3 is 4.74 Å². The van der Waals surface area contributed by atoms with E-state index in [2.05, 4.69) is 10.9 Å². The molecule has 0 aromatic rings. The maximum absolute atomic E-state index is 11.3. The third-order valence-corrected chi connectivity index (χ3v) is 1.96. The predicted octanol–water partition coefficient (Wildman–Crippen LogP) is 2.67. The molecule has 0 unspecified atom stereocenters. The molecule has 0 rings (SSSR count). The van der Waals surface area contributed by atoms with Crippen LogP contribution in [0.15, 0.2) is 0 Å². The van der Waals surface area contributed by atoms with Crippen LogP contribution >= 0.6 is 11.8 Å². The lowest BCUT2D eigenvalue weighted by Crippen LogP contribution is -2.43. The minimum Gasteiger partial charge on any atom is -0.443 e. The monoisotopic (exact) mass is 248 g/mol. The highest BCUT2D eigenvalue weighted by Gasteiger charge is 2.19. The fraction of sp³-hybridized carbons (Fsp3) is 0.800. The average Bonchev–Trinajstić information content (AvgIpc) is 1.94. The number of amides is 2. The molecule has 0 saturated heterocycles. The van der Waals surface area contributed by atoms with Crippen molar-refractivity contribution >= 4 is 23.1 Å². The van der Waals surface area contributed by atoms with Gasteiger partial charge >= 0.3 is 6.09 Å². The molecule has 2 amide bonds. The summed E-state index contributed by atoms with van der Waals surface area (Å²) in [5.41, 5.74) is 3.86. The highest BCUT2D eigenvalue weighted by molar-refractivity contribution is 8.14. The molecule has 0 aliphatic carbocycles. The van der Waals surface area contributed by atoms with Gasteiger partial charge in [-0.05, 0) is 20.8 Å². The third-order valence-electron chi connectivity index (χ3n) is 1.06. The fourth-order valence-corrected chi connectivity index (χ4v) is 1.37. The molecule has 0 fully saturated rings. The summed E-state index contributed by atoms with van der Waals surface area (Å²) in [5.74, 6) is 0. The lowest BCUT2D eigenvalue weighted by Gasteiger charge is -2.20. The highest BCUT2D eigenvalue weighted by atomic mass is 32.2. The van der Waals surface area contributed by atoms with Gasteiger partial charge in [-0.2, -0.15) is 0 Å². The summed E-state index contributed by atoms with van der Waals surface area (Å²) < 4.78 is 4.75. The van der Waals surface area contributed by atoms with Gasteiger partial charge in [0.1, 0.15) is 5.60 Å². The summed E-state index contributed by atoms with van der Waals surface area (Å²) in [7, 11) is 0. The lowest BCUT2D eigenvalue weighted by atomic mass is 10.2. The van der Waals surface area contributed by atoms with Crippen molar-refractivity contribution in [2.24, 2.45) is 0 Å².